The van der Waals surface area contributed by atoms with Gasteiger partial charge in [-0.2, -0.15) is 0 Å². The monoisotopic (exact) mass is 356 g/mol. The number of allylic oxidation sites excluding steroid dienone is 2. The Kier molecular flexibility index (Phi) is 6.17. The van der Waals surface area contributed by atoms with Gasteiger partial charge in [-0.15, -0.1) is 0 Å². The van der Waals surface area contributed by atoms with Crippen molar-refractivity contribution in [1.82, 2.24) is 0 Å². The number of hydrogen-bond acceptors (Lipinski definition) is 5. The van der Waals surface area contributed by atoms with E-state index in [1.807, 2.05) is 19.9 Å². The standard InChI is InChI=1S/C21H24O5/c1-13(2)5-8-16-17(22)9-14(10-18(16)23)6-7-15-11-19(25-3)21(24)20(12-15)26-4/h5-7,9-12,22-24H,8H2,1-4H3/b7-6+. The lowest BCUT2D eigenvalue weighted by Gasteiger charge is -2.10. The number of hydrogen-bond donors (Lipinski definition) is 3. The average Bonchev–Trinajstić information content (AvgIpc) is 2.59. The minimum Gasteiger partial charge on any atom is -0.507 e. The molecule has 2 aromatic carbocycles. The van der Waals surface area contributed by atoms with Crippen LogP contribution in [0.2, 0.25) is 0 Å². The molecule has 0 aromatic heterocycles. The summed E-state index contributed by atoms with van der Waals surface area (Å²) < 4.78 is 10.3. The molecule has 0 fully saturated rings. The van der Waals surface area contributed by atoms with E-state index in [2.05, 4.69) is 0 Å². The van der Waals surface area contributed by atoms with Crippen LogP contribution in [0.25, 0.3) is 12.2 Å². The maximum atomic E-state index is 10.2. The van der Waals surface area contributed by atoms with Crippen molar-refractivity contribution < 1.29 is 24.8 Å². The Labute approximate surface area is 153 Å². The summed E-state index contributed by atoms with van der Waals surface area (Å²) in [6, 6.07) is 6.52. The van der Waals surface area contributed by atoms with Gasteiger partial charge in [-0.3, -0.25) is 0 Å². The third-order valence-corrected chi connectivity index (χ3v) is 3.91. The highest BCUT2D eigenvalue weighted by Gasteiger charge is 2.11. The largest absolute Gasteiger partial charge is 0.507 e. The third kappa shape index (κ3) is 4.51. The van der Waals surface area contributed by atoms with E-state index in [-0.39, 0.29) is 17.2 Å². The zero-order valence-corrected chi connectivity index (χ0v) is 15.4. The molecule has 138 valence electrons. The van der Waals surface area contributed by atoms with Crippen LogP contribution in [0.4, 0.5) is 0 Å². The number of ether oxygens (including phenoxy) is 2. The summed E-state index contributed by atoms with van der Waals surface area (Å²) in [6.07, 6.45) is 5.93. The number of phenols is 3. The van der Waals surface area contributed by atoms with Gasteiger partial charge >= 0.3 is 0 Å². The quantitative estimate of drug-likeness (QED) is 0.525. The highest BCUT2D eigenvalue weighted by Crippen LogP contribution is 2.38. The molecule has 0 aliphatic heterocycles. The third-order valence-electron chi connectivity index (χ3n) is 3.91. The molecular formula is C21H24O5. The SMILES string of the molecule is COc1cc(/C=C/c2cc(O)c(CC=C(C)C)c(O)c2)cc(OC)c1O. The van der Waals surface area contributed by atoms with Gasteiger partial charge in [-0.25, -0.2) is 0 Å². The van der Waals surface area contributed by atoms with E-state index in [0.717, 1.165) is 11.1 Å². The first-order valence-corrected chi connectivity index (χ1v) is 8.17. The highest BCUT2D eigenvalue weighted by molar-refractivity contribution is 5.74. The molecule has 2 aromatic rings. The van der Waals surface area contributed by atoms with Gasteiger partial charge < -0.3 is 24.8 Å². The lowest BCUT2D eigenvalue weighted by molar-refractivity contribution is 0.340. The second-order valence-corrected chi connectivity index (χ2v) is 6.13. The topological polar surface area (TPSA) is 79.2 Å². The van der Waals surface area contributed by atoms with Crippen molar-refractivity contribution in [1.29, 1.82) is 0 Å². The van der Waals surface area contributed by atoms with Crippen LogP contribution in [0.1, 0.15) is 30.5 Å². The van der Waals surface area contributed by atoms with E-state index in [9.17, 15) is 15.3 Å². The Balaban J connectivity index is 2.32. The van der Waals surface area contributed by atoms with Gasteiger partial charge in [0.05, 0.1) is 14.2 Å². The molecule has 0 bridgehead atoms. The number of aromatic hydroxyl groups is 3. The molecule has 0 saturated carbocycles. The molecule has 26 heavy (non-hydrogen) atoms. The second kappa shape index (κ2) is 8.34. The van der Waals surface area contributed by atoms with Crippen LogP contribution in [-0.4, -0.2) is 29.5 Å². The summed E-state index contributed by atoms with van der Waals surface area (Å²) in [5, 5.41) is 30.3. The fourth-order valence-corrected chi connectivity index (χ4v) is 2.48. The predicted molar refractivity (Wildman–Crippen MR) is 103 cm³/mol. The number of rotatable bonds is 6. The molecule has 0 radical (unpaired) electrons. The maximum absolute atomic E-state index is 10.2. The smallest absolute Gasteiger partial charge is 0.200 e. The van der Waals surface area contributed by atoms with E-state index >= 15 is 0 Å². The molecule has 5 nitrogen and oxygen atoms in total. The van der Waals surface area contributed by atoms with Gasteiger partial charge in [0.2, 0.25) is 5.75 Å². The van der Waals surface area contributed by atoms with Gasteiger partial charge in [0.25, 0.3) is 0 Å². The van der Waals surface area contributed by atoms with E-state index in [0.29, 0.717) is 29.0 Å². The Morgan fingerprint density at radius 2 is 1.31 bits per heavy atom. The Morgan fingerprint density at radius 3 is 1.73 bits per heavy atom. The summed E-state index contributed by atoms with van der Waals surface area (Å²) in [5.74, 6) is 0.621. The first kappa shape index (κ1) is 19.2. The molecule has 0 heterocycles. The fourth-order valence-electron chi connectivity index (χ4n) is 2.48. The molecular weight excluding hydrogens is 332 g/mol. The summed E-state index contributed by atoms with van der Waals surface area (Å²) in [5.41, 5.74) is 3.00. The fraction of sp³-hybridized carbons (Fsp3) is 0.238. The molecule has 2 rings (SSSR count). The minimum atomic E-state index is -0.0638. The van der Waals surface area contributed by atoms with Crippen molar-refractivity contribution in [3.63, 3.8) is 0 Å². The summed E-state index contributed by atoms with van der Waals surface area (Å²) in [6.45, 7) is 3.93. The minimum absolute atomic E-state index is 0.0445. The summed E-state index contributed by atoms with van der Waals surface area (Å²) >= 11 is 0. The van der Waals surface area contributed by atoms with Crippen LogP contribution < -0.4 is 9.47 Å². The van der Waals surface area contributed by atoms with Crippen molar-refractivity contribution in [2.75, 3.05) is 14.2 Å². The Bertz CT molecular complexity index is 797. The lowest BCUT2D eigenvalue weighted by Crippen LogP contribution is -1.90. The van der Waals surface area contributed by atoms with Crippen molar-refractivity contribution in [3.8, 4) is 28.7 Å². The first-order valence-electron chi connectivity index (χ1n) is 8.17. The number of benzene rings is 2. The molecule has 0 aliphatic rings. The van der Waals surface area contributed by atoms with Crippen LogP contribution in [0.5, 0.6) is 28.7 Å². The predicted octanol–water partition coefficient (Wildman–Crippen LogP) is 4.50. The molecule has 0 saturated heterocycles. The maximum Gasteiger partial charge on any atom is 0.200 e. The molecule has 0 atom stereocenters. The molecule has 0 amide bonds. The normalized spacial score (nSPS) is 10.8. The second-order valence-electron chi connectivity index (χ2n) is 6.13. The Hall–Kier alpha value is -3.08. The van der Waals surface area contributed by atoms with E-state index in [1.54, 1.807) is 36.4 Å². The molecule has 0 spiro atoms. The first-order chi connectivity index (χ1) is 12.3. The van der Waals surface area contributed by atoms with E-state index < -0.39 is 0 Å². The summed E-state index contributed by atoms with van der Waals surface area (Å²) in [7, 11) is 2.92. The Morgan fingerprint density at radius 1 is 0.846 bits per heavy atom. The van der Waals surface area contributed by atoms with Gasteiger partial charge in [-0.1, -0.05) is 23.8 Å². The van der Waals surface area contributed by atoms with Crippen LogP contribution in [0, 0.1) is 0 Å². The molecule has 5 heteroatoms. The molecule has 0 aliphatic carbocycles. The van der Waals surface area contributed by atoms with Crippen molar-refractivity contribution in [2.45, 2.75) is 20.3 Å². The summed E-state index contributed by atoms with van der Waals surface area (Å²) in [4.78, 5) is 0. The van der Waals surface area contributed by atoms with E-state index in [1.165, 1.54) is 14.2 Å². The molecule has 0 unspecified atom stereocenters. The van der Waals surface area contributed by atoms with E-state index in [4.69, 9.17) is 9.47 Å². The van der Waals surface area contributed by atoms with Gasteiger partial charge in [0, 0.05) is 5.56 Å². The van der Waals surface area contributed by atoms with Crippen molar-refractivity contribution in [3.05, 3.63) is 52.6 Å². The van der Waals surface area contributed by atoms with Gasteiger partial charge in [0.15, 0.2) is 11.5 Å². The molecule has 3 N–H and O–H groups in total. The zero-order valence-electron chi connectivity index (χ0n) is 15.4. The number of phenolic OH excluding ortho intramolecular Hbond substituents is 3. The van der Waals surface area contributed by atoms with Crippen LogP contribution in [-0.2, 0) is 6.42 Å². The average molecular weight is 356 g/mol. The van der Waals surface area contributed by atoms with Gasteiger partial charge in [-0.05, 0) is 55.7 Å². The van der Waals surface area contributed by atoms with Crippen LogP contribution in [0.3, 0.4) is 0 Å². The van der Waals surface area contributed by atoms with Crippen LogP contribution >= 0.6 is 0 Å². The highest BCUT2D eigenvalue weighted by atomic mass is 16.5. The van der Waals surface area contributed by atoms with Crippen molar-refractivity contribution in [2.24, 2.45) is 0 Å². The van der Waals surface area contributed by atoms with Crippen molar-refractivity contribution >= 4 is 12.2 Å². The van der Waals surface area contributed by atoms with Crippen LogP contribution in [0.15, 0.2) is 35.9 Å². The number of methoxy groups -OCH3 is 2. The lowest BCUT2D eigenvalue weighted by atomic mass is 10.0. The van der Waals surface area contributed by atoms with Gasteiger partial charge in [0.1, 0.15) is 11.5 Å². The zero-order chi connectivity index (χ0) is 19.3.